The zero-order valence-corrected chi connectivity index (χ0v) is 53.9. The molecule has 6 aromatic heterocycles. The minimum Gasteiger partial charge on any atom is -0.309 e. The van der Waals surface area contributed by atoms with Gasteiger partial charge in [0.05, 0.1) is 55.5 Å². The Hall–Kier alpha value is -13.6. The topological polar surface area (TPSA) is 84.2 Å². The number of rotatable bonds is 11. The summed E-state index contributed by atoms with van der Waals surface area (Å²) in [7, 11) is 0. The van der Waals surface area contributed by atoms with Crippen LogP contribution in [0.2, 0.25) is 0 Å². The summed E-state index contributed by atoms with van der Waals surface area (Å²) in [6.45, 7) is 0. The van der Waals surface area contributed by atoms with Crippen LogP contribution >= 0.6 is 0 Å². The van der Waals surface area contributed by atoms with Crippen molar-refractivity contribution in [3.8, 4) is 102 Å². The number of para-hydroxylation sites is 5. The van der Waals surface area contributed by atoms with E-state index in [1.807, 2.05) is 30.3 Å². The Bertz CT molecular complexity index is 6590. The number of hydrogen-bond acceptors (Lipinski definition) is 5. The van der Waals surface area contributed by atoms with Crippen LogP contribution in [0, 0.1) is 0 Å². The lowest BCUT2D eigenvalue weighted by Crippen LogP contribution is -2.06. The van der Waals surface area contributed by atoms with Crippen molar-refractivity contribution in [2.45, 2.75) is 0 Å². The molecule has 0 aliphatic rings. The van der Waals surface area contributed by atoms with Crippen molar-refractivity contribution in [1.29, 1.82) is 0 Å². The molecule has 0 saturated carbocycles. The fourth-order valence-electron chi connectivity index (χ4n) is 15.4. The van der Waals surface area contributed by atoms with Crippen LogP contribution in [0.1, 0.15) is 0 Å². The van der Waals surface area contributed by atoms with E-state index in [0.717, 1.165) is 133 Å². The maximum absolute atomic E-state index is 5.45. The van der Waals surface area contributed by atoms with Gasteiger partial charge < -0.3 is 9.13 Å². The first-order valence-corrected chi connectivity index (χ1v) is 33.8. The molecule has 20 rings (SSSR count). The summed E-state index contributed by atoms with van der Waals surface area (Å²) in [6, 6.07) is 123. The van der Waals surface area contributed by atoms with Crippen LogP contribution in [0.4, 0.5) is 0 Å². The molecule has 0 saturated heterocycles. The highest BCUT2D eigenvalue weighted by atomic mass is 15.2. The summed E-state index contributed by atoms with van der Waals surface area (Å²) in [4.78, 5) is 26.7. The SMILES string of the molecule is c1ccc(-c2cc(-c3ccccc3)nc(-n3c4ccccc4c4cc(-c5cccc6c5c5ccccc5n6-c5cccc(-c6cccc(-c7nc(-c8ccccc8)nc(-n8c9ccccc9c9cc(-c%10cccc%11c%10c%10ccccc%10n%11-c%10ccccc%10)ccc98)n7)c6)c5)ccc43)n2)cc1. The molecule has 20 aromatic rings. The Labute approximate surface area is 574 Å². The minimum atomic E-state index is 0.540. The molecule has 0 fully saturated rings. The third-order valence-electron chi connectivity index (χ3n) is 19.8. The molecule has 0 bridgehead atoms. The molecule has 0 unspecified atom stereocenters. The summed E-state index contributed by atoms with van der Waals surface area (Å²) in [5.41, 5.74) is 23.1. The van der Waals surface area contributed by atoms with E-state index in [-0.39, 0.29) is 0 Å². The summed E-state index contributed by atoms with van der Waals surface area (Å²) >= 11 is 0. The van der Waals surface area contributed by atoms with Crippen LogP contribution in [0.15, 0.2) is 346 Å². The Morgan fingerprint density at radius 1 is 0.180 bits per heavy atom. The summed E-state index contributed by atoms with van der Waals surface area (Å²) < 4.78 is 9.22. The Balaban J connectivity index is 0.686. The van der Waals surface area contributed by atoms with E-state index in [9.17, 15) is 0 Å². The van der Waals surface area contributed by atoms with E-state index in [4.69, 9.17) is 24.9 Å². The molecule has 0 spiro atoms. The lowest BCUT2D eigenvalue weighted by atomic mass is 9.98. The fourth-order valence-corrected chi connectivity index (χ4v) is 15.4. The number of hydrogen-bond donors (Lipinski definition) is 0. The van der Waals surface area contributed by atoms with Gasteiger partial charge in [0, 0.05) is 76.7 Å². The number of benzene rings is 14. The molecule has 0 N–H and O–H groups in total. The number of nitrogens with zero attached hydrogens (tertiary/aromatic N) is 9. The molecular weight excluding hydrogens is 1220 g/mol. The second-order valence-electron chi connectivity index (χ2n) is 25.6. The molecule has 0 aliphatic carbocycles. The molecule has 0 aliphatic heterocycles. The van der Waals surface area contributed by atoms with Gasteiger partial charge in [0.25, 0.3) is 0 Å². The van der Waals surface area contributed by atoms with Gasteiger partial charge in [-0.3, -0.25) is 9.13 Å². The smallest absolute Gasteiger partial charge is 0.238 e. The van der Waals surface area contributed by atoms with E-state index in [0.29, 0.717) is 23.5 Å². The molecule has 0 amide bonds. The Morgan fingerprint density at radius 2 is 0.540 bits per heavy atom. The zero-order valence-electron chi connectivity index (χ0n) is 53.9. The van der Waals surface area contributed by atoms with E-state index < -0.39 is 0 Å². The maximum atomic E-state index is 5.45. The molecular formula is C91H57N9. The van der Waals surface area contributed by atoms with Crippen LogP contribution in [0.5, 0.6) is 0 Å². The predicted molar refractivity (Wildman–Crippen MR) is 411 cm³/mol. The average molecular weight is 1280 g/mol. The first kappa shape index (κ1) is 56.7. The summed E-state index contributed by atoms with van der Waals surface area (Å²) in [5, 5.41) is 9.27. The van der Waals surface area contributed by atoms with Gasteiger partial charge in [-0.05, 0) is 130 Å². The Kier molecular flexibility index (Phi) is 13.1. The zero-order chi connectivity index (χ0) is 65.8. The van der Waals surface area contributed by atoms with Crippen LogP contribution in [0.25, 0.3) is 189 Å². The van der Waals surface area contributed by atoms with E-state index >= 15 is 0 Å². The van der Waals surface area contributed by atoms with Crippen LogP contribution < -0.4 is 0 Å². The van der Waals surface area contributed by atoms with Gasteiger partial charge in [-0.25, -0.2) is 15.0 Å². The highest BCUT2D eigenvalue weighted by Gasteiger charge is 2.24. The summed E-state index contributed by atoms with van der Waals surface area (Å²) in [6.07, 6.45) is 0. The Morgan fingerprint density at radius 3 is 1.07 bits per heavy atom. The van der Waals surface area contributed by atoms with Gasteiger partial charge in [0.2, 0.25) is 11.9 Å². The predicted octanol–water partition coefficient (Wildman–Crippen LogP) is 22.7. The molecule has 100 heavy (non-hydrogen) atoms. The highest BCUT2D eigenvalue weighted by molar-refractivity contribution is 6.19. The summed E-state index contributed by atoms with van der Waals surface area (Å²) in [5.74, 6) is 2.33. The third-order valence-corrected chi connectivity index (χ3v) is 19.8. The average Bonchev–Trinajstić information content (AvgIpc) is 1.58. The van der Waals surface area contributed by atoms with Gasteiger partial charge in [0.15, 0.2) is 11.6 Å². The second-order valence-corrected chi connectivity index (χ2v) is 25.6. The standard InChI is InChI=1S/C91H57N9/c1-5-25-58(26-6-1)76-57-77(59-27-7-2-8-28-59)93-90(92-76)99-78-43-17-13-37-70(78)74-55-64(49-51-82(74)99)69-42-24-48-85-87(69)73-40-16-20-46-81(73)98(85)67-36-22-32-62(54-67)61-31-21-33-65(53-61)89-94-88(60-29-9-3-10-30-60)95-91(96-89)100-79-44-18-14-38-71(79)75-56-63(50-52-83(75)100)68-41-23-47-84-86(68)72-39-15-19-45-80(72)97(84)66-34-11-4-12-35-66/h1-57H. The normalized spacial score (nSPS) is 11.8. The lowest BCUT2D eigenvalue weighted by Gasteiger charge is -2.13. The van der Waals surface area contributed by atoms with E-state index in [1.54, 1.807) is 0 Å². The van der Waals surface area contributed by atoms with Crippen molar-refractivity contribution in [2.24, 2.45) is 0 Å². The van der Waals surface area contributed by atoms with Gasteiger partial charge in [-0.1, -0.05) is 249 Å². The van der Waals surface area contributed by atoms with Crippen molar-refractivity contribution in [3.05, 3.63) is 346 Å². The van der Waals surface area contributed by atoms with Crippen molar-refractivity contribution < 1.29 is 0 Å². The molecule has 466 valence electrons. The van der Waals surface area contributed by atoms with Gasteiger partial charge >= 0.3 is 0 Å². The molecule has 0 atom stereocenters. The fraction of sp³-hybridized carbons (Fsp3) is 0. The van der Waals surface area contributed by atoms with Crippen LogP contribution in [-0.2, 0) is 0 Å². The number of fused-ring (bicyclic) bond motifs is 12. The highest BCUT2D eigenvalue weighted by Crippen LogP contribution is 2.45. The van der Waals surface area contributed by atoms with Gasteiger partial charge in [-0.2, -0.15) is 9.97 Å². The first-order chi connectivity index (χ1) is 49.6. The van der Waals surface area contributed by atoms with E-state index in [2.05, 4.69) is 334 Å². The first-order valence-electron chi connectivity index (χ1n) is 33.8. The van der Waals surface area contributed by atoms with E-state index in [1.165, 1.54) is 32.6 Å². The maximum Gasteiger partial charge on any atom is 0.238 e. The molecule has 9 heteroatoms. The largest absolute Gasteiger partial charge is 0.309 e. The minimum absolute atomic E-state index is 0.540. The van der Waals surface area contributed by atoms with Crippen LogP contribution in [0.3, 0.4) is 0 Å². The van der Waals surface area contributed by atoms with Gasteiger partial charge in [0.1, 0.15) is 0 Å². The second kappa shape index (κ2) is 23.0. The molecule has 0 radical (unpaired) electrons. The number of aromatic nitrogens is 9. The molecule has 9 nitrogen and oxygen atoms in total. The molecule has 6 heterocycles. The van der Waals surface area contributed by atoms with Crippen molar-refractivity contribution >= 4 is 87.2 Å². The quantitative estimate of drug-likeness (QED) is 0.129. The van der Waals surface area contributed by atoms with Crippen molar-refractivity contribution in [3.63, 3.8) is 0 Å². The molecule has 14 aromatic carbocycles. The van der Waals surface area contributed by atoms with Crippen LogP contribution in [-0.4, -0.2) is 43.2 Å². The monoisotopic (exact) mass is 1280 g/mol. The van der Waals surface area contributed by atoms with Crippen molar-refractivity contribution in [2.75, 3.05) is 0 Å². The lowest BCUT2D eigenvalue weighted by molar-refractivity contribution is 0.953. The van der Waals surface area contributed by atoms with Gasteiger partial charge in [-0.15, -0.1) is 0 Å². The third kappa shape index (κ3) is 9.21. The van der Waals surface area contributed by atoms with Crippen molar-refractivity contribution in [1.82, 2.24) is 43.2 Å².